The van der Waals surface area contributed by atoms with E-state index in [1.807, 2.05) is 0 Å². The summed E-state index contributed by atoms with van der Waals surface area (Å²) in [5.74, 6) is -5.96. The Labute approximate surface area is 104 Å². The first-order valence-corrected chi connectivity index (χ1v) is 6.13. The topological polar surface area (TPSA) is 127 Å². The van der Waals surface area contributed by atoms with E-state index in [2.05, 4.69) is 0 Å². The van der Waals surface area contributed by atoms with Crippen LogP contribution in [0.5, 0.6) is 0 Å². The van der Waals surface area contributed by atoms with Crippen molar-refractivity contribution in [1.29, 1.82) is 0 Å². The summed E-state index contributed by atoms with van der Waals surface area (Å²) in [6.45, 7) is 0. The Bertz CT molecular complexity index is 645. The zero-order valence-electron chi connectivity index (χ0n) is 8.96. The van der Waals surface area contributed by atoms with E-state index in [-0.39, 0.29) is 6.07 Å². The van der Waals surface area contributed by atoms with Crippen molar-refractivity contribution in [3.05, 3.63) is 33.9 Å². The van der Waals surface area contributed by atoms with Crippen LogP contribution in [0.3, 0.4) is 0 Å². The fraction of sp³-hybridized carbons (Fsp3) is 0.125. The van der Waals surface area contributed by atoms with Crippen LogP contribution in [0.15, 0.2) is 12.1 Å². The zero-order chi connectivity index (χ0) is 14.8. The summed E-state index contributed by atoms with van der Waals surface area (Å²) in [6, 6.07) is 0.445. The molecule has 0 aliphatic rings. The Hall–Kier alpha value is -2.30. The third-order valence-corrected chi connectivity index (χ3v) is 2.97. The molecule has 0 spiro atoms. The number of rotatable bonds is 5. The van der Waals surface area contributed by atoms with Crippen molar-refractivity contribution in [2.45, 2.75) is 0 Å². The Kier molecular flexibility index (Phi) is 3.99. The van der Waals surface area contributed by atoms with Crippen LogP contribution in [-0.4, -0.2) is 30.2 Å². The monoisotopic (exact) mass is 296 g/mol. The SMILES string of the molecule is O=C(O)CS(=O)(=O)Nc1cc([N+](=O)[O-])c(F)cc1F. The highest BCUT2D eigenvalue weighted by atomic mass is 32.2. The van der Waals surface area contributed by atoms with Crippen molar-refractivity contribution in [2.75, 3.05) is 10.5 Å². The molecule has 1 aromatic rings. The maximum atomic E-state index is 13.2. The number of aliphatic carboxylic acids is 1. The number of benzene rings is 1. The molecule has 0 aliphatic carbocycles. The molecule has 104 valence electrons. The van der Waals surface area contributed by atoms with Crippen molar-refractivity contribution in [2.24, 2.45) is 0 Å². The molecule has 0 saturated heterocycles. The minimum Gasteiger partial charge on any atom is -0.480 e. The van der Waals surface area contributed by atoms with Crippen LogP contribution in [0.4, 0.5) is 20.2 Å². The molecule has 1 aromatic carbocycles. The fourth-order valence-electron chi connectivity index (χ4n) is 1.12. The van der Waals surface area contributed by atoms with E-state index in [0.29, 0.717) is 6.07 Å². The summed E-state index contributed by atoms with van der Waals surface area (Å²) in [5, 5.41) is 18.7. The van der Waals surface area contributed by atoms with Crippen molar-refractivity contribution in [3.63, 3.8) is 0 Å². The van der Waals surface area contributed by atoms with Crippen LogP contribution in [0.25, 0.3) is 0 Å². The van der Waals surface area contributed by atoms with Gasteiger partial charge in [-0.05, 0) is 0 Å². The first kappa shape index (κ1) is 14.8. The highest BCUT2D eigenvalue weighted by Crippen LogP contribution is 2.25. The van der Waals surface area contributed by atoms with Crippen molar-refractivity contribution in [3.8, 4) is 0 Å². The minimum absolute atomic E-state index is 0.122. The molecule has 0 saturated carbocycles. The van der Waals surface area contributed by atoms with Gasteiger partial charge in [0.1, 0.15) is 0 Å². The molecule has 0 fully saturated rings. The number of nitrogens with one attached hydrogen (secondary N) is 1. The molecule has 0 aliphatic heterocycles. The van der Waals surface area contributed by atoms with Crippen molar-refractivity contribution >= 4 is 27.4 Å². The number of nitro groups is 1. The van der Waals surface area contributed by atoms with Crippen LogP contribution < -0.4 is 4.72 Å². The van der Waals surface area contributed by atoms with E-state index in [4.69, 9.17) is 5.11 Å². The first-order valence-electron chi connectivity index (χ1n) is 4.48. The lowest BCUT2D eigenvalue weighted by Crippen LogP contribution is -2.23. The number of halogens is 2. The van der Waals surface area contributed by atoms with Crippen LogP contribution >= 0.6 is 0 Å². The molecular weight excluding hydrogens is 290 g/mol. The van der Waals surface area contributed by atoms with Gasteiger partial charge in [0.15, 0.2) is 11.6 Å². The van der Waals surface area contributed by atoms with E-state index >= 15 is 0 Å². The second kappa shape index (κ2) is 5.14. The Morgan fingerprint density at radius 3 is 2.42 bits per heavy atom. The summed E-state index contributed by atoms with van der Waals surface area (Å²) in [5.41, 5.74) is -2.05. The second-order valence-electron chi connectivity index (χ2n) is 3.30. The molecular formula is C8H6F2N2O6S. The number of hydrogen-bond donors (Lipinski definition) is 2. The number of carbonyl (C=O) groups is 1. The number of sulfonamides is 1. The molecule has 0 radical (unpaired) electrons. The van der Waals surface area contributed by atoms with Gasteiger partial charge in [0, 0.05) is 12.1 Å². The maximum absolute atomic E-state index is 13.2. The Balaban J connectivity index is 3.18. The average Bonchev–Trinajstić information content (AvgIpc) is 2.19. The van der Waals surface area contributed by atoms with Gasteiger partial charge in [-0.25, -0.2) is 12.8 Å². The number of anilines is 1. The molecule has 8 nitrogen and oxygen atoms in total. The highest BCUT2D eigenvalue weighted by Gasteiger charge is 2.22. The molecule has 0 aromatic heterocycles. The van der Waals surface area contributed by atoms with E-state index in [9.17, 15) is 32.1 Å². The van der Waals surface area contributed by atoms with Crippen LogP contribution in [0, 0.1) is 21.7 Å². The number of carboxylic acids is 1. The molecule has 0 bridgehead atoms. The number of carboxylic acid groups (broad SMARTS) is 1. The summed E-state index contributed by atoms with van der Waals surface area (Å²) in [4.78, 5) is 19.5. The standard InChI is InChI=1S/C8H6F2N2O6S/c9-4-1-5(10)7(12(15)16)2-6(4)11-19(17,18)3-8(13)14/h1-2,11H,3H2,(H,13,14). The third kappa shape index (κ3) is 3.84. The highest BCUT2D eigenvalue weighted by molar-refractivity contribution is 7.93. The van der Waals surface area contributed by atoms with E-state index in [0.717, 1.165) is 0 Å². The van der Waals surface area contributed by atoms with E-state index in [1.165, 1.54) is 4.72 Å². The van der Waals surface area contributed by atoms with Gasteiger partial charge in [0.25, 0.3) is 0 Å². The Morgan fingerprint density at radius 1 is 1.37 bits per heavy atom. The van der Waals surface area contributed by atoms with Gasteiger partial charge >= 0.3 is 11.7 Å². The average molecular weight is 296 g/mol. The summed E-state index contributed by atoms with van der Waals surface area (Å²) in [6.07, 6.45) is 0. The predicted octanol–water partition coefficient (Wildman–Crippen LogP) is 0.699. The third-order valence-electron chi connectivity index (χ3n) is 1.81. The molecule has 0 heterocycles. The molecule has 1 rings (SSSR count). The van der Waals surface area contributed by atoms with Crippen molar-refractivity contribution < 1.29 is 32.0 Å². The summed E-state index contributed by atoms with van der Waals surface area (Å²) in [7, 11) is -4.45. The minimum atomic E-state index is -4.45. The molecule has 19 heavy (non-hydrogen) atoms. The van der Waals surface area contributed by atoms with Crippen molar-refractivity contribution in [1.82, 2.24) is 0 Å². The van der Waals surface area contributed by atoms with Gasteiger partial charge in [0.05, 0.1) is 10.6 Å². The maximum Gasteiger partial charge on any atom is 0.320 e. The van der Waals surface area contributed by atoms with E-state index in [1.54, 1.807) is 0 Å². The van der Waals surface area contributed by atoms with Gasteiger partial charge in [-0.2, -0.15) is 4.39 Å². The van der Waals surface area contributed by atoms with Gasteiger partial charge in [-0.3, -0.25) is 19.6 Å². The lowest BCUT2D eigenvalue weighted by molar-refractivity contribution is -0.387. The second-order valence-corrected chi connectivity index (χ2v) is 5.02. The number of nitrogens with zero attached hydrogens (tertiary/aromatic N) is 1. The van der Waals surface area contributed by atoms with Gasteiger partial charge in [-0.15, -0.1) is 0 Å². The smallest absolute Gasteiger partial charge is 0.320 e. The quantitative estimate of drug-likeness (QED) is 0.608. The molecule has 2 N–H and O–H groups in total. The number of hydrogen-bond acceptors (Lipinski definition) is 5. The molecule has 0 atom stereocenters. The fourth-order valence-corrected chi connectivity index (χ4v) is 2.01. The van der Waals surface area contributed by atoms with Crippen LogP contribution in [0.2, 0.25) is 0 Å². The predicted molar refractivity (Wildman–Crippen MR) is 58.1 cm³/mol. The molecule has 11 heteroatoms. The Morgan fingerprint density at radius 2 is 1.95 bits per heavy atom. The van der Waals surface area contributed by atoms with E-state index < -0.39 is 49.7 Å². The lowest BCUT2D eigenvalue weighted by atomic mass is 10.2. The van der Waals surface area contributed by atoms with Crippen LogP contribution in [-0.2, 0) is 14.8 Å². The largest absolute Gasteiger partial charge is 0.480 e. The summed E-state index contributed by atoms with van der Waals surface area (Å²) < 4.78 is 50.1. The molecule has 0 amide bonds. The first-order chi connectivity index (χ1) is 8.62. The van der Waals surface area contributed by atoms with Gasteiger partial charge in [0.2, 0.25) is 15.8 Å². The van der Waals surface area contributed by atoms with Crippen LogP contribution in [0.1, 0.15) is 0 Å². The summed E-state index contributed by atoms with van der Waals surface area (Å²) >= 11 is 0. The van der Waals surface area contributed by atoms with Gasteiger partial charge in [-0.1, -0.05) is 0 Å². The normalized spacial score (nSPS) is 11.1. The van der Waals surface area contributed by atoms with Gasteiger partial charge < -0.3 is 5.11 Å². The molecule has 0 unspecified atom stereocenters. The lowest BCUT2D eigenvalue weighted by Gasteiger charge is -2.07. The number of nitro benzene ring substituents is 1. The zero-order valence-corrected chi connectivity index (χ0v) is 9.78.